The van der Waals surface area contributed by atoms with Crippen LogP contribution in [0, 0.1) is 10.1 Å². The lowest BCUT2D eigenvalue weighted by molar-refractivity contribution is -0.384. The lowest BCUT2D eigenvalue weighted by Gasteiger charge is -1.99. The van der Waals surface area contributed by atoms with Crippen molar-refractivity contribution in [3.63, 3.8) is 0 Å². The van der Waals surface area contributed by atoms with E-state index in [2.05, 4.69) is 0 Å². The number of non-ortho nitro benzene ring substituents is 1. The summed E-state index contributed by atoms with van der Waals surface area (Å²) in [5.41, 5.74) is 0.856. The van der Waals surface area contributed by atoms with Gasteiger partial charge in [0.1, 0.15) is 5.75 Å². The van der Waals surface area contributed by atoms with Crippen LogP contribution in [0.4, 0.5) is 5.69 Å². The maximum Gasteiger partial charge on any atom is 0.337 e. The molecule has 0 aliphatic rings. The SMILES string of the molecule is O=C(/C=C/Cl)Oc1cccc([N+](=O)[O-])c1. The summed E-state index contributed by atoms with van der Waals surface area (Å²) in [5.74, 6) is -0.588. The Balaban J connectivity index is 2.82. The predicted molar refractivity (Wildman–Crippen MR) is 53.7 cm³/mol. The highest BCUT2D eigenvalue weighted by Crippen LogP contribution is 2.19. The molecule has 0 spiro atoms. The van der Waals surface area contributed by atoms with Crippen LogP contribution in [0.1, 0.15) is 0 Å². The third kappa shape index (κ3) is 3.40. The lowest BCUT2D eigenvalue weighted by Crippen LogP contribution is -2.03. The zero-order valence-electron chi connectivity index (χ0n) is 7.42. The molecule has 5 nitrogen and oxygen atoms in total. The third-order valence-corrected chi connectivity index (χ3v) is 1.57. The fourth-order valence-electron chi connectivity index (χ4n) is 0.862. The summed E-state index contributed by atoms with van der Waals surface area (Å²) in [5, 5.41) is 10.4. The molecule has 0 amide bonds. The van der Waals surface area contributed by atoms with E-state index < -0.39 is 10.9 Å². The van der Waals surface area contributed by atoms with E-state index in [-0.39, 0.29) is 11.4 Å². The number of nitro benzene ring substituents is 1. The molecule has 0 atom stereocenters. The first kappa shape index (κ1) is 11.2. The second-order valence-electron chi connectivity index (χ2n) is 2.47. The van der Waals surface area contributed by atoms with Crippen molar-refractivity contribution < 1.29 is 14.5 Å². The number of carbonyl (C=O) groups excluding carboxylic acids is 1. The predicted octanol–water partition coefficient (Wildman–Crippen LogP) is 2.25. The van der Waals surface area contributed by atoms with Crippen molar-refractivity contribution in [2.45, 2.75) is 0 Å². The molecule has 0 saturated heterocycles. The van der Waals surface area contributed by atoms with Gasteiger partial charge in [-0.15, -0.1) is 0 Å². The van der Waals surface area contributed by atoms with Gasteiger partial charge in [-0.3, -0.25) is 10.1 Å². The quantitative estimate of drug-likeness (QED) is 0.261. The fourth-order valence-corrected chi connectivity index (χ4v) is 0.965. The highest BCUT2D eigenvalue weighted by Gasteiger charge is 2.07. The van der Waals surface area contributed by atoms with Crippen LogP contribution >= 0.6 is 11.6 Å². The molecule has 0 saturated carbocycles. The van der Waals surface area contributed by atoms with Gasteiger partial charge in [0.25, 0.3) is 5.69 Å². The van der Waals surface area contributed by atoms with Crippen LogP contribution in [-0.2, 0) is 4.79 Å². The molecule has 0 aliphatic carbocycles. The Morgan fingerprint density at radius 2 is 2.27 bits per heavy atom. The van der Waals surface area contributed by atoms with Crippen molar-refractivity contribution in [3.05, 3.63) is 46.0 Å². The van der Waals surface area contributed by atoms with Crippen LogP contribution in [0.25, 0.3) is 0 Å². The molecule has 0 radical (unpaired) electrons. The minimum absolute atomic E-state index is 0.101. The summed E-state index contributed by atoms with van der Waals surface area (Å²) in [6.45, 7) is 0. The van der Waals surface area contributed by atoms with E-state index in [4.69, 9.17) is 16.3 Å². The van der Waals surface area contributed by atoms with E-state index in [9.17, 15) is 14.9 Å². The molecule has 15 heavy (non-hydrogen) atoms. The van der Waals surface area contributed by atoms with Gasteiger partial charge in [0.15, 0.2) is 0 Å². The van der Waals surface area contributed by atoms with Crippen molar-refractivity contribution >= 4 is 23.3 Å². The second-order valence-corrected chi connectivity index (χ2v) is 2.72. The highest BCUT2D eigenvalue weighted by molar-refractivity contribution is 6.26. The number of nitrogens with zero attached hydrogens (tertiary/aromatic N) is 1. The topological polar surface area (TPSA) is 69.4 Å². The molecule has 0 aromatic heterocycles. The molecule has 1 aromatic carbocycles. The zero-order valence-corrected chi connectivity index (χ0v) is 8.18. The Morgan fingerprint density at radius 1 is 1.53 bits per heavy atom. The molecular weight excluding hydrogens is 222 g/mol. The van der Waals surface area contributed by atoms with Crippen molar-refractivity contribution in [1.29, 1.82) is 0 Å². The standard InChI is InChI=1S/C9H6ClNO4/c10-5-4-9(12)15-8-3-1-2-7(6-8)11(13)14/h1-6H/b5-4+. The highest BCUT2D eigenvalue weighted by atomic mass is 35.5. The number of hydrogen-bond donors (Lipinski definition) is 0. The monoisotopic (exact) mass is 227 g/mol. The van der Waals surface area contributed by atoms with Gasteiger partial charge in [-0.1, -0.05) is 17.7 Å². The first-order valence-corrected chi connectivity index (χ1v) is 4.30. The molecule has 1 rings (SSSR count). The van der Waals surface area contributed by atoms with E-state index in [1.807, 2.05) is 0 Å². The molecule has 6 heteroatoms. The molecule has 0 unspecified atom stereocenters. The average molecular weight is 228 g/mol. The first-order chi connectivity index (χ1) is 7.13. The van der Waals surface area contributed by atoms with Gasteiger partial charge in [-0.25, -0.2) is 4.79 Å². The molecule has 0 N–H and O–H groups in total. The molecule has 0 heterocycles. The largest absolute Gasteiger partial charge is 0.423 e. The minimum Gasteiger partial charge on any atom is -0.423 e. The Bertz CT molecular complexity index is 416. The summed E-state index contributed by atoms with van der Waals surface area (Å²) in [6.07, 6.45) is 1.00. The van der Waals surface area contributed by atoms with Crippen molar-refractivity contribution in [3.8, 4) is 5.75 Å². The van der Waals surface area contributed by atoms with Gasteiger partial charge in [0.2, 0.25) is 0 Å². The van der Waals surface area contributed by atoms with E-state index >= 15 is 0 Å². The van der Waals surface area contributed by atoms with Crippen molar-refractivity contribution in [2.24, 2.45) is 0 Å². The van der Waals surface area contributed by atoms with Crippen LogP contribution in [-0.4, -0.2) is 10.9 Å². The van der Waals surface area contributed by atoms with Crippen molar-refractivity contribution in [1.82, 2.24) is 0 Å². The van der Waals surface area contributed by atoms with Crippen LogP contribution in [0.15, 0.2) is 35.9 Å². The normalized spacial score (nSPS) is 10.2. The van der Waals surface area contributed by atoms with E-state index in [0.717, 1.165) is 17.7 Å². The Hall–Kier alpha value is -1.88. The Kier molecular flexibility index (Phi) is 3.82. The number of halogens is 1. The number of carbonyl (C=O) groups is 1. The van der Waals surface area contributed by atoms with Gasteiger partial charge in [-0.2, -0.15) is 0 Å². The van der Waals surface area contributed by atoms with Gasteiger partial charge >= 0.3 is 5.97 Å². The number of ether oxygens (including phenoxy) is 1. The fraction of sp³-hybridized carbons (Fsp3) is 0. The molecule has 78 valence electrons. The number of rotatable bonds is 3. The Labute approximate surface area is 90.1 Å². The Morgan fingerprint density at radius 3 is 2.87 bits per heavy atom. The minimum atomic E-state index is -0.689. The van der Waals surface area contributed by atoms with Crippen LogP contribution in [0.2, 0.25) is 0 Å². The van der Waals surface area contributed by atoms with Crippen LogP contribution < -0.4 is 4.74 Å². The number of hydrogen-bond acceptors (Lipinski definition) is 4. The summed E-state index contributed by atoms with van der Waals surface area (Å²) in [4.78, 5) is 20.8. The summed E-state index contributed by atoms with van der Waals surface area (Å²) < 4.78 is 4.73. The second kappa shape index (κ2) is 5.11. The van der Waals surface area contributed by atoms with E-state index in [1.165, 1.54) is 18.2 Å². The van der Waals surface area contributed by atoms with E-state index in [0.29, 0.717) is 0 Å². The molecule has 0 aliphatic heterocycles. The number of esters is 1. The van der Waals surface area contributed by atoms with Crippen LogP contribution in [0.3, 0.4) is 0 Å². The number of nitro groups is 1. The summed E-state index contributed by atoms with van der Waals surface area (Å²) in [6, 6.07) is 5.31. The van der Waals surface area contributed by atoms with Gasteiger partial charge in [-0.05, 0) is 6.07 Å². The summed E-state index contributed by atoms with van der Waals surface area (Å²) in [7, 11) is 0. The molecule has 1 aromatic rings. The van der Waals surface area contributed by atoms with Crippen molar-refractivity contribution in [2.75, 3.05) is 0 Å². The first-order valence-electron chi connectivity index (χ1n) is 3.86. The third-order valence-electron chi connectivity index (χ3n) is 1.45. The van der Waals surface area contributed by atoms with Gasteiger partial charge in [0, 0.05) is 17.7 Å². The molecule has 0 bridgehead atoms. The lowest BCUT2D eigenvalue weighted by atomic mass is 10.3. The average Bonchev–Trinajstić information content (AvgIpc) is 2.18. The zero-order chi connectivity index (χ0) is 11.3. The number of benzene rings is 1. The smallest absolute Gasteiger partial charge is 0.337 e. The summed E-state index contributed by atoms with van der Waals surface area (Å²) >= 11 is 5.15. The molecule has 0 fully saturated rings. The van der Waals surface area contributed by atoms with Gasteiger partial charge < -0.3 is 4.74 Å². The molecular formula is C9H6ClNO4. The maximum absolute atomic E-state index is 10.9. The maximum atomic E-state index is 10.9. The van der Waals surface area contributed by atoms with E-state index in [1.54, 1.807) is 0 Å². The van der Waals surface area contributed by atoms with Crippen LogP contribution in [0.5, 0.6) is 5.75 Å². The van der Waals surface area contributed by atoms with Gasteiger partial charge in [0.05, 0.1) is 11.0 Å².